The van der Waals surface area contributed by atoms with Crippen LogP contribution in [0, 0.1) is 0 Å². The summed E-state index contributed by atoms with van der Waals surface area (Å²) in [7, 11) is 0. The molecule has 0 saturated carbocycles. The standard InChI is InChI=1S/C16H19NO2S/c1-4-18-12-6-7-14(16(10-12)19-5-2)15-11-13(20-3)8-9-17-15/h6-11H,4-5H2,1-3H3. The molecule has 2 aromatic rings. The van der Waals surface area contributed by atoms with Crippen molar-refractivity contribution in [2.75, 3.05) is 19.5 Å². The van der Waals surface area contributed by atoms with Crippen LogP contribution in [0.15, 0.2) is 41.4 Å². The lowest BCUT2D eigenvalue weighted by atomic mass is 10.1. The maximum atomic E-state index is 5.73. The van der Waals surface area contributed by atoms with Gasteiger partial charge in [-0.25, -0.2) is 0 Å². The van der Waals surface area contributed by atoms with Crippen LogP contribution in [0.2, 0.25) is 0 Å². The minimum absolute atomic E-state index is 0.616. The van der Waals surface area contributed by atoms with Crippen molar-refractivity contribution in [2.45, 2.75) is 18.7 Å². The van der Waals surface area contributed by atoms with Crippen LogP contribution in [0.25, 0.3) is 11.3 Å². The van der Waals surface area contributed by atoms with E-state index >= 15 is 0 Å². The summed E-state index contributed by atoms with van der Waals surface area (Å²) in [6, 6.07) is 9.96. The predicted octanol–water partition coefficient (Wildman–Crippen LogP) is 4.27. The first-order valence-electron chi connectivity index (χ1n) is 6.68. The van der Waals surface area contributed by atoms with Gasteiger partial charge < -0.3 is 9.47 Å². The predicted molar refractivity (Wildman–Crippen MR) is 83.8 cm³/mol. The molecule has 1 heterocycles. The van der Waals surface area contributed by atoms with Gasteiger partial charge in [0.2, 0.25) is 0 Å². The molecule has 0 spiro atoms. The fourth-order valence-electron chi connectivity index (χ4n) is 1.93. The molecule has 0 bridgehead atoms. The number of nitrogens with zero attached hydrogens (tertiary/aromatic N) is 1. The van der Waals surface area contributed by atoms with Crippen LogP contribution < -0.4 is 9.47 Å². The number of hydrogen-bond donors (Lipinski definition) is 0. The monoisotopic (exact) mass is 289 g/mol. The second-order valence-electron chi connectivity index (χ2n) is 4.10. The third kappa shape index (κ3) is 3.45. The van der Waals surface area contributed by atoms with Crippen molar-refractivity contribution >= 4 is 11.8 Å². The summed E-state index contributed by atoms with van der Waals surface area (Å²) < 4.78 is 11.2. The van der Waals surface area contributed by atoms with Crippen LogP contribution in [0.5, 0.6) is 11.5 Å². The van der Waals surface area contributed by atoms with Crippen molar-refractivity contribution in [3.05, 3.63) is 36.5 Å². The van der Waals surface area contributed by atoms with Crippen LogP contribution >= 0.6 is 11.8 Å². The Morgan fingerprint density at radius 3 is 2.55 bits per heavy atom. The Kier molecular flexibility index (Phi) is 5.30. The molecule has 1 aromatic carbocycles. The molecule has 1 aromatic heterocycles. The molecule has 20 heavy (non-hydrogen) atoms. The van der Waals surface area contributed by atoms with Crippen molar-refractivity contribution in [3.8, 4) is 22.8 Å². The normalized spacial score (nSPS) is 10.3. The Bertz CT molecular complexity index is 572. The molecule has 0 N–H and O–H groups in total. The summed E-state index contributed by atoms with van der Waals surface area (Å²) in [6.07, 6.45) is 3.88. The lowest BCUT2D eigenvalue weighted by Gasteiger charge is -2.12. The first-order valence-corrected chi connectivity index (χ1v) is 7.91. The topological polar surface area (TPSA) is 31.4 Å². The zero-order chi connectivity index (χ0) is 14.4. The summed E-state index contributed by atoms with van der Waals surface area (Å²) in [5, 5.41) is 0. The van der Waals surface area contributed by atoms with Gasteiger partial charge in [-0.1, -0.05) is 0 Å². The molecule has 3 nitrogen and oxygen atoms in total. The molecular formula is C16H19NO2S. The SMILES string of the molecule is CCOc1ccc(-c2cc(SC)ccn2)c(OCC)c1. The van der Waals surface area contributed by atoms with Crippen molar-refractivity contribution in [3.63, 3.8) is 0 Å². The van der Waals surface area contributed by atoms with Crippen molar-refractivity contribution in [2.24, 2.45) is 0 Å². The molecule has 0 radical (unpaired) electrons. The maximum absolute atomic E-state index is 5.73. The number of hydrogen-bond acceptors (Lipinski definition) is 4. The summed E-state index contributed by atoms with van der Waals surface area (Å²) >= 11 is 1.70. The molecule has 4 heteroatoms. The molecule has 0 saturated heterocycles. The number of aromatic nitrogens is 1. The van der Waals surface area contributed by atoms with Gasteiger partial charge in [0.1, 0.15) is 11.5 Å². The van der Waals surface area contributed by atoms with Crippen molar-refractivity contribution < 1.29 is 9.47 Å². The molecule has 0 atom stereocenters. The molecule has 2 rings (SSSR count). The number of benzene rings is 1. The third-order valence-corrected chi connectivity index (χ3v) is 3.53. The van der Waals surface area contributed by atoms with E-state index in [1.54, 1.807) is 11.8 Å². The number of ether oxygens (including phenoxy) is 2. The van der Waals surface area contributed by atoms with Crippen LogP contribution in [0.4, 0.5) is 0 Å². The molecule has 0 unspecified atom stereocenters. The van der Waals surface area contributed by atoms with E-state index in [1.807, 2.05) is 44.3 Å². The van der Waals surface area contributed by atoms with E-state index < -0.39 is 0 Å². The highest BCUT2D eigenvalue weighted by Gasteiger charge is 2.10. The largest absolute Gasteiger partial charge is 0.494 e. The molecule has 0 amide bonds. The Balaban J connectivity index is 2.43. The lowest BCUT2D eigenvalue weighted by molar-refractivity contribution is 0.324. The van der Waals surface area contributed by atoms with Crippen LogP contribution in [0.1, 0.15) is 13.8 Å². The lowest BCUT2D eigenvalue weighted by Crippen LogP contribution is -1.97. The van der Waals surface area contributed by atoms with Crippen molar-refractivity contribution in [1.29, 1.82) is 0 Å². The quantitative estimate of drug-likeness (QED) is 0.743. The van der Waals surface area contributed by atoms with E-state index in [0.717, 1.165) is 22.8 Å². The minimum atomic E-state index is 0.616. The second-order valence-corrected chi connectivity index (χ2v) is 4.98. The highest BCUT2D eigenvalue weighted by molar-refractivity contribution is 7.98. The van der Waals surface area contributed by atoms with E-state index in [2.05, 4.69) is 17.3 Å². The van der Waals surface area contributed by atoms with Crippen LogP contribution in [0.3, 0.4) is 0 Å². The fraction of sp³-hybridized carbons (Fsp3) is 0.312. The average Bonchev–Trinajstić information content (AvgIpc) is 2.48. The van der Waals surface area contributed by atoms with Gasteiger partial charge >= 0.3 is 0 Å². The summed E-state index contributed by atoms with van der Waals surface area (Å²) in [5.41, 5.74) is 1.91. The van der Waals surface area contributed by atoms with Gasteiger partial charge in [0, 0.05) is 22.7 Å². The summed E-state index contributed by atoms with van der Waals surface area (Å²) in [6.45, 7) is 5.20. The zero-order valence-corrected chi connectivity index (χ0v) is 12.9. The van der Waals surface area contributed by atoms with Gasteiger partial charge in [-0.15, -0.1) is 11.8 Å². The molecule has 0 aliphatic carbocycles. The van der Waals surface area contributed by atoms with E-state index in [9.17, 15) is 0 Å². The molecule has 106 valence electrons. The Hall–Kier alpha value is -1.68. The number of pyridine rings is 1. The Morgan fingerprint density at radius 2 is 1.85 bits per heavy atom. The number of thioether (sulfide) groups is 1. The average molecular weight is 289 g/mol. The molecule has 0 aliphatic rings. The summed E-state index contributed by atoms with van der Waals surface area (Å²) in [4.78, 5) is 5.63. The van der Waals surface area contributed by atoms with Crippen LogP contribution in [-0.4, -0.2) is 24.5 Å². The van der Waals surface area contributed by atoms with E-state index in [1.165, 1.54) is 4.90 Å². The Morgan fingerprint density at radius 1 is 1.05 bits per heavy atom. The van der Waals surface area contributed by atoms with Crippen LogP contribution in [-0.2, 0) is 0 Å². The first kappa shape index (κ1) is 14.7. The van der Waals surface area contributed by atoms with E-state index in [4.69, 9.17) is 9.47 Å². The van der Waals surface area contributed by atoms with Gasteiger partial charge in [-0.3, -0.25) is 4.98 Å². The number of rotatable bonds is 6. The zero-order valence-electron chi connectivity index (χ0n) is 12.1. The maximum Gasteiger partial charge on any atom is 0.132 e. The van der Waals surface area contributed by atoms with Gasteiger partial charge in [0.15, 0.2) is 0 Å². The fourth-order valence-corrected chi connectivity index (χ4v) is 2.36. The highest BCUT2D eigenvalue weighted by atomic mass is 32.2. The molecular weight excluding hydrogens is 270 g/mol. The van der Waals surface area contributed by atoms with Gasteiger partial charge in [-0.05, 0) is 44.4 Å². The van der Waals surface area contributed by atoms with E-state index in [-0.39, 0.29) is 0 Å². The first-order chi connectivity index (χ1) is 9.78. The molecule has 0 aliphatic heterocycles. The van der Waals surface area contributed by atoms with E-state index in [0.29, 0.717) is 13.2 Å². The second kappa shape index (κ2) is 7.20. The third-order valence-electron chi connectivity index (χ3n) is 2.81. The smallest absolute Gasteiger partial charge is 0.132 e. The minimum Gasteiger partial charge on any atom is -0.494 e. The Labute approximate surface area is 124 Å². The van der Waals surface area contributed by atoms with Crippen molar-refractivity contribution in [1.82, 2.24) is 4.98 Å². The highest BCUT2D eigenvalue weighted by Crippen LogP contribution is 2.33. The van der Waals surface area contributed by atoms with Gasteiger partial charge in [0.05, 0.1) is 18.9 Å². The molecule has 0 fully saturated rings. The van der Waals surface area contributed by atoms with Gasteiger partial charge in [0.25, 0.3) is 0 Å². The van der Waals surface area contributed by atoms with Gasteiger partial charge in [-0.2, -0.15) is 0 Å². The summed E-state index contributed by atoms with van der Waals surface area (Å²) in [5.74, 6) is 1.63.